The number of hydrogen-bond donors (Lipinski definition) is 3. The molecule has 3 N–H and O–H groups in total. The van der Waals surface area contributed by atoms with Gasteiger partial charge >= 0.3 is 5.97 Å². The van der Waals surface area contributed by atoms with Crippen molar-refractivity contribution in [1.82, 2.24) is 5.32 Å². The number of nitrogens with one attached hydrogen (secondary N) is 3. The normalized spacial score (nSPS) is 13.0. The van der Waals surface area contributed by atoms with Crippen molar-refractivity contribution < 1.29 is 28.3 Å². The van der Waals surface area contributed by atoms with Crippen LogP contribution in [0, 0.1) is 5.82 Å². The first-order valence-electron chi connectivity index (χ1n) is 16.3. The number of methoxy groups -OCH3 is 1. The second kappa shape index (κ2) is 16.5. The van der Waals surface area contributed by atoms with E-state index in [0.29, 0.717) is 26.7 Å². The van der Waals surface area contributed by atoms with Crippen molar-refractivity contribution in [2.45, 2.75) is 35.8 Å². The monoisotopic (exact) mass is 719 g/mol. The first kappa shape index (κ1) is 35.3. The van der Waals surface area contributed by atoms with Gasteiger partial charge in [0.05, 0.1) is 12.7 Å². The summed E-state index contributed by atoms with van der Waals surface area (Å²) in [6.07, 6.45) is 4.88. The molecule has 0 aliphatic heterocycles. The van der Waals surface area contributed by atoms with Gasteiger partial charge in [0.1, 0.15) is 21.8 Å². The summed E-state index contributed by atoms with van der Waals surface area (Å²) < 4.78 is 19.7. The van der Waals surface area contributed by atoms with Gasteiger partial charge in [-0.25, -0.2) is 9.18 Å². The van der Waals surface area contributed by atoms with Gasteiger partial charge < -0.3 is 20.7 Å². The number of ether oxygens (including phenoxy) is 1. The molecule has 1 aromatic heterocycles. The predicted molar refractivity (Wildman–Crippen MR) is 199 cm³/mol. The van der Waals surface area contributed by atoms with Gasteiger partial charge in [0.15, 0.2) is 0 Å². The van der Waals surface area contributed by atoms with Crippen molar-refractivity contribution in [3.05, 3.63) is 153 Å². The summed E-state index contributed by atoms with van der Waals surface area (Å²) in [4.78, 5) is 55.3. The van der Waals surface area contributed by atoms with E-state index in [1.165, 1.54) is 54.5 Å². The van der Waals surface area contributed by atoms with Gasteiger partial charge in [-0.2, -0.15) is 0 Å². The molecule has 1 aliphatic carbocycles. The molecular weight excluding hydrogens is 686 g/mol. The SMILES string of the molecule is COC(=O)c1c(NC(=O)C(Sc2cccc(NC(=O)/C(=C/c3ccccc3F)NC(=O)c3ccccc3)c2)c2ccccc2)sc2c1CCCC2. The highest BCUT2D eigenvalue weighted by atomic mass is 32.2. The van der Waals surface area contributed by atoms with E-state index in [9.17, 15) is 23.6 Å². The number of thiophene rings is 1. The fraction of sp³-hybridized carbons (Fsp3) is 0.150. The lowest BCUT2D eigenvalue weighted by Gasteiger charge is -2.18. The first-order chi connectivity index (χ1) is 24.8. The molecule has 0 spiro atoms. The van der Waals surface area contributed by atoms with E-state index in [2.05, 4.69) is 16.0 Å². The lowest BCUT2D eigenvalue weighted by Crippen LogP contribution is -2.30. The van der Waals surface area contributed by atoms with Crippen LogP contribution >= 0.6 is 23.1 Å². The number of carbonyl (C=O) groups excluding carboxylic acids is 4. The highest BCUT2D eigenvalue weighted by Gasteiger charge is 2.30. The minimum atomic E-state index is -0.719. The maximum atomic E-state index is 14.6. The van der Waals surface area contributed by atoms with E-state index in [1.807, 2.05) is 36.4 Å². The Labute approximate surface area is 303 Å². The summed E-state index contributed by atoms with van der Waals surface area (Å²) in [6, 6.07) is 30.6. The number of halogens is 1. The van der Waals surface area contributed by atoms with E-state index in [-0.39, 0.29) is 17.2 Å². The largest absolute Gasteiger partial charge is 0.465 e. The van der Waals surface area contributed by atoms with E-state index < -0.39 is 28.9 Å². The molecule has 4 aromatic carbocycles. The number of hydrogen-bond acceptors (Lipinski definition) is 7. The molecular formula is C40H34FN3O5S2. The van der Waals surface area contributed by atoms with Crippen LogP contribution in [0.15, 0.2) is 120 Å². The zero-order valence-corrected chi connectivity index (χ0v) is 29.2. The van der Waals surface area contributed by atoms with Crippen molar-refractivity contribution in [1.29, 1.82) is 0 Å². The number of fused-ring (bicyclic) bond motifs is 1. The van der Waals surface area contributed by atoms with Gasteiger partial charge in [0.2, 0.25) is 5.91 Å². The van der Waals surface area contributed by atoms with Crippen LogP contribution in [0.25, 0.3) is 6.08 Å². The molecule has 3 amide bonds. The molecule has 1 unspecified atom stereocenters. The lowest BCUT2D eigenvalue weighted by molar-refractivity contribution is -0.116. The summed E-state index contributed by atoms with van der Waals surface area (Å²) in [5, 5.41) is 8.22. The molecule has 1 aliphatic rings. The molecule has 258 valence electrons. The van der Waals surface area contributed by atoms with Crippen LogP contribution in [0.1, 0.15) is 60.4 Å². The molecule has 11 heteroatoms. The number of esters is 1. The number of rotatable bonds is 11. The average molecular weight is 720 g/mol. The van der Waals surface area contributed by atoms with E-state index in [0.717, 1.165) is 41.7 Å². The Kier molecular flexibility index (Phi) is 11.4. The third-order valence-electron chi connectivity index (χ3n) is 8.22. The number of aryl methyl sites for hydroxylation is 1. The number of carbonyl (C=O) groups is 4. The predicted octanol–water partition coefficient (Wildman–Crippen LogP) is 8.43. The van der Waals surface area contributed by atoms with Gasteiger partial charge in [-0.05, 0) is 79.3 Å². The Hall–Kier alpha value is -5.52. The quantitative estimate of drug-likeness (QED) is 0.0718. The molecule has 6 rings (SSSR count). The lowest BCUT2D eigenvalue weighted by atomic mass is 9.95. The Morgan fingerprint density at radius 2 is 1.55 bits per heavy atom. The van der Waals surface area contributed by atoms with Gasteiger partial charge in [-0.3, -0.25) is 14.4 Å². The second-order valence-electron chi connectivity index (χ2n) is 11.7. The molecule has 0 fully saturated rings. The van der Waals surface area contributed by atoms with Gasteiger partial charge in [0.25, 0.3) is 11.8 Å². The van der Waals surface area contributed by atoms with Crippen LogP contribution in [-0.4, -0.2) is 30.8 Å². The highest BCUT2D eigenvalue weighted by molar-refractivity contribution is 8.00. The molecule has 51 heavy (non-hydrogen) atoms. The van der Waals surface area contributed by atoms with Crippen LogP contribution in [-0.2, 0) is 27.2 Å². The van der Waals surface area contributed by atoms with E-state index in [4.69, 9.17) is 4.74 Å². The van der Waals surface area contributed by atoms with Crippen molar-refractivity contribution >= 4 is 63.6 Å². The van der Waals surface area contributed by atoms with Crippen molar-refractivity contribution in [2.24, 2.45) is 0 Å². The molecule has 5 aromatic rings. The van der Waals surface area contributed by atoms with Crippen molar-refractivity contribution in [2.75, 3.05) is 17.7 Å². The fourth-order valence-corrected chi connectivity index (χ4v) is 8.09. The molecule has 1 heterocycles. The molecule has 8 nitrogen and oxygen atoms in total. The minimum Gasteiger partial charge on any atom is -0.465 e. The average Bonchev–Trinajstić information content (AvgIpc) is 3.52. The molecule has 1 atom stereocenters. The summed E-state index contributed by atoms with van der Waals surface area (Å²) in [6.45, 7) is 0. The number of thioether (sulfide) groups is 1. The van der Waals surface area contributed by atoms with Crippen LogP contribution < -0.4 is 16.0 Å². The summed E-state index contributed by atoms with van der Waals surface area (Å²) in [5.41, 5.74) is 2.80. The van der Waals surface area contributed by atoms with E-state index in [1.54, 1.807) is 54.6 Å². The number of anilines is 2. The standard InChI is InChI=1S/C40H34FN3O5S2/c1-49-40(48)34-30-20-9-11-22-33(30)51-39(34)44-38(47)35(25-13-4-2-5-14-25)50-29-19-12-18-28(24-29)42-37(46)32(23-27-17-8-10-21-31(27)41)43-36(45)26-15-6-3-7-16-26/h2-8,10,12-19,21,23-24,35H,9,11,20,22H2,1H3,(H,42,46)(H,43,45)(H,44,47)/b32-23-. The zero-order valence-electron chi connectivity index (χ0n) is 27.6. The summed E-state index contributed by atoms with van der Waals surface area (Å²) >= 11 is 2.70. The van der Waals surface area contributed by atoms with Crippen LogP contribution in [0.2, 0.25) is 0 Å². The molecule has 0 radical (unpaired) electrons. The minimum absolute atomic E-state index is 0.124. The van der Waals surface area contributed by atoms with Crippen molar-refractivity contribution in [3.8, 4) is 0 Å². The smallest absolute Gasteiger partial charge is 0.341 e. The maximum Gasteiger partial charge on any atom is 0.341 e. The number of amides is 3. The Morgan fingerprint density at radius 1 is 0.843 bits per heavy atom. The van der Waals surface area contributed by atoms with Crippen LogP contribution in [0.4, 0.5) is 15.1 Å². The zero-order chi connectivity index (χ0) is 35.7. The van der Waals surface area contributed by atoms with Crippen LogP contribution in [0.5, 0.6) is 0 Å². The molecule has 0 bridgehead atoms. The third-order valence-corrected chi connectivity index (χ3v) is 10.7. The maximum absolute atomic E-state index is 14.6. The van der Waals surface area contributed by atoms with Crippen LogP contribution in [0.3, 0.4) is 0 Å². The molecule has 0 saturated carbocycles. The molecule has 0 saturated heterocycles. The fourth-order valence-electron chi connectivity index (χ4n) is 5.72. The first-order valence-corrected chi connectivity index (χ1v) is 18.0. The van der Waals surface area contributed by atoms with E-state index >= 15 is 0 Å². The highest BCUT2D eigenvalue weighted by Crippen LogP contribution is 2.41. The Balaban J connectivity index is 1.25. The third kappa shape index (κ3) is 8.62. The van der Waals surface area contributed by atoms with Gasteiger partial charge in [0, 0.05) is 26.6 Å². The Morgan fingerprint density at radius 3 is 2.29 bits per heavy atom. The Bertz CT molecular complexity index is 2100. The van der Waals surface area contributed by atoms with Gasteiger partial charge in [-0.1, -0.05) is 72.8 Å². The summed E-state index contributed by atoms with van der Waals surface area (Å²) in [5.74, 6) is -2.54. The number of benzene rings is 4. The van der Waals surface area contributed by atoms with Gasteiger partial charge in [-0.15, -0.1) is 23.1 Å². The summed E-state index contributed by atoms with van der Waals surface area (Å²) in [7, 11) is 1.34. The second-order valence-corrected chi connectivity index (χ2v) is 14.0. The van der Waals surface area contributed by atoms with Crippen molar-refractivity contribution in [3.63, 3.8) is 0 Å². The topological polar surface area (TPSA) is 114 Å².